The summed E-state index contributed by atoms with van der Waals surface area (Å²) >= 11 is 0. The van der Waals surface area contributed by atoms with Crippen molar-refractivity contribution >= 4 is 23.1 Å². The highest BCUT2D eigenvalue weighted by Gasteiger charge is 1.88. The quantitative estimate of drug-likeness (QED) is 0.518. The molecule has 0 saturated carbocycles. The van der Waals surface area contributed by atoms with Gasteiger partial charge in [0.05, 0.1) is 0 Å². The molecule has 0 N–H and O–H groups in total. The van der Waals surface area contributed by atoms with E-state index >= 15 is 0 Å². The van der Waals surface area contributed by atoms with Crippen molar-refractivity contribution in [3.8, 4) is 0 Å². The molecule has 0 aromatic rings. The SMILES string of the molecule is CCOCC(C)C.[Mg]. The van der Waals surface area contributed by atoms with E-state index in [-0.39, 0.29) is 23.1 Å². The summed E-state index contributed by atoms with van der Waals surface area (Å²) in [6.45, 7) is 8.06. The van der Waals surface area contributed by atoms with E-state index in [4.69, 9.17) is 4.74 Å². The van der Waals surface area contributed by atoms with Crippen LogP contribution in [0.2, 0.25) is 0 Å². The van der Waals surface area contributed by atoms with Gasteiger partial charge in [0, 0.05) is 36.3 Å². The van der Waals surface area contributed by atoms with Crippen molar-refractivity contribution in [2.45, 2.75) is 20.8 Å². The molecule has 0 atom stereocenters. The molecule has 0 aliphatic rings. The summed E-state index contributed by atoms with van der Waals surface area (Å²) in [6, 6.07) is 0. The normalized spacial score (nSPS) is 9.00. The predicted molar refractivity (Wildman–Crippen MR) is 37.1 cm³/mol. The third kappa shape index (κ3) is 9.87. The molecule has 1 nitrogen and oxygen atoms in total. The van der Waals surface area contributed by atoms with Gasteiger partial charge in [-0.25, -0.2) is 0 Å². The zero-order valence-electron chi connectivity index (χ0n) is 6.11. The van der Waals surface area contributed by atoms with E-state index in [1.807, 2.05) is 6.92 Å². The van der Waals surface area contributed by atoms with E-state index in [0.29, 0.717) is 5.92 Å². The van der Waals surface area contributed by atoms with Crippen molar-refractivity contribution in [2.75, 3.05) is 13.2 Å². The first-order valence-electron chi connectivity index (χ1n) is 2.85. The van der Waals surface area contributed by atoms with Crippen LogP contribution in [0.25, 0.3) is 0 Å². The van der Waals surface area contributed by atoms with Crippen LogP contribution in [0.5, 0.6) is 0 Å². The Morgan fingerprint density at radius 2 is 1.88 bits per heavy atom. The topological polar surface area (TPSA) is 9.23 Å². The highest BCUT2D eigenvalue weighted by Crippen LogP contribution is 1.90. The highest BCUT2D eigenvalue weighted by atomic mass is 24.3. The molecule has 0 aliphatic carbocycles. The van der Waals surface area contributed by atoms with Crippen molar-refractivity contribution in [3.05, 3.63) is 0 Å². The zero-order valence-corrected chi connectivity index (χ0v) is 7.52. The maximum absolute atomic E-state index is 5.09. The van der Waals surface area contributed by atoms with Gasteiger partial charge in [0.2, 0.25) is 0 Å². The number of hydrogen-bond donors (Lipinski definition) is 0. The first-order valence-corrected chi connectivity index (χ1v) is 2.85. The number of rotatable bonds is 3. The molecule has 0 spiro atoms. The van der Waals surface area contributed by atoms with Gasteiger partial charge in [-0.2, -0.15) is 0 Å². The lowest BCUT2D eigenvalue weighted by molar-refractivity contribution is 0.122. The van der Waals surface area contributed by atoms with Gasteiger partial charge in [-0.3, -0.25) is 0 Å². The Labute approximate surface area is 67.9 Å². The van der Waals surface area contributed by atoms with Crippen molar-refractivity contribution in [1.82, 2.24) is 0 Å². The Morgan fingerprint density at radius 3 is 2.00 bits per heavy atom. The lowest BCUT2D eigenvalue weighted by Gasteiger charge is -2.01. The molecule has 2 heteroatoms. The van der Waals surface area contributed by atoms with Crippen LogP contribution < -0.4 is 0 Å². The molecule has 0 fully saturated rings. The fourth-order valence-electron chi connectivity index (χ4n) is 0.354. The molecule has 0 saturated heterocycles. The van der Waals surface area contributed by atoms with Crippen LogP contribution in [-0.4, -0.2) is 36.3 Å². The van der Waals surface area contributed by atoms with Crippen LogP contribution in [0.15, 0.2) is 0 Å². The molecule has 0 bridgehead atoms. The van der Waals surface area contributed by atoms with Gasteiger partial charge in [0.1, 0.15) is 0 Å². The summed E-state index contributed by atoms with van der Waals surface area (Å²) in [7, 11) is 0. The maximum Gasteiger partial charge on any atom is 0.0488 e. The minimum absolute atomic E-state index is 0. The molecular weight excluding hydrogens is 112 g/mol. The van der Waals surface area contributed by atoms with Gasteiger partial charge in [-0.05, 0) is 12.8 Å². The lowest BCUT2D eigenvalue weighted by atomic mass is 10.2. The summed E-state index contributed by atoms with van der Waals surface area (Å²) in [5, 5.41) is 0. The molecule has 0 aromatic heterocycles. The molecule has 0 unspecified atom stereocenters. The van der Waals surface area contributed by atoms with Crippen LogP contribution >= 0.6 is 0 Å². The molecule has 0 amide bonds. The number of ether oxygens (including phenoxy) is 1. The highest BCUT2D eigenvalue weighted by molar-refractivity contribution is 5.75. The van der Waals surface area contributed by atoms with E-state index in [0.717, 1.165) is 13.2 Å². The van der Waals surface area contributed by atoms with Gasteiger partial charge in [-0.1, -0.05) is 13.8 Å². The lowest BCUT2D eigenvalue weighted by Crippen LogP contribution is -2.00. The Morgan fingerprint density at radius 1 is 1.38 bits per heavy atom. The second-order valence-electron chi connectivity index (χ2n) is 2.05. The average molecular weight is 126 g/mol. The second kappa shape index (κ2) is 7.73. The van der Waals surface area contributed by atoms with E-state index in [2.05, 4.69) is 13.8 Å². The summed E-state index contributed by atoms with van der Waals surface area (Å²) in [5.74, 6) is 0.681. The fraction of sp³-hybridized carbons (Fsp3) is 1.00. The molecule has 0 rings (SSSR count). The summed E-state index contributed by atoms with van der Waals surface area (Å²) < 4.78 is 5.09. The number of hydrogen-bond acceptors (Lipinski definition) is 1. The summed E-state index contributed by atoms with van der Waals surface area (Å²) in [4.78, 5) is 0. The van der Waals surface area contributed by atoms with Crippen molar-refractivity contribution in [2.24, 2.45) is 5.92 Å². The van der Waals surface area contributed by atoms with E-state index in [1.54, 1.807) is 0 Å². The Kier molecular flexibility index (Phi) is 11.1. The summed E-state index contributed by atoms with van der Waals surface area (Å²) in [5.41, 5.74) is 0. The second-order valence-corrected chi connectivity index (χ2v) is 2.05. The van der Waals surface area contributed by atoms with Crippen LogP contribution in [0.3, 0.4) is 0 Å². The first-order chi connectivity index (χ1) is 3.27. The van der Waals surface area contributed by atoms with E-state index in [9.17, 15) is 0 Å². The maximum atomic E-state index is 5.09. The molecule has 8 heavy (non-hydrogen) atoms. The van der Waals surface area contributed by atoms with Gasteiger partial charge < -0.3 is 4.74 Å². The smallest absolute Gasteiger partial charge is 0.0488 e. The van der Waals surface area contributed by atoms with Gasteiger partial charge in [0.15, 0.2) is 0 Å². The van der Waals surface area contributed by atoms with Crippen molar-refractivity contribution in [1.29, 1.82) is 0 Å². The van der Waals surface area contributed by atoms with Gasteiger partial charge in [-0.15, -0.1) is 0 Å². The Hall–Kier alpha value is 0.726. The molecule has 0 aromatic carbocycles. The minimum atomic E-state index is 0. The Bertz CT molecular complexity index is 37.5. The van der Waals surface area contributed by atoms with Gasteiger partial charge >= 0.3 is 0 Å². The summed E-state index contributed by atoms with van der Waals surface area (Å²) in [6.07, 6.45) is 0. The van der Waals surface area contributed by atoms with Crippen LogP contribution in [0.1, 0.15) is 20.8 Å². The fourth-order valence-corrected chi connectivity index (χ4v) is 0.354. The molecule has 0 heterocycles. The molecule has 2 radical (unpaired) electrons. The van der Waals surface area contributed by atoms with Crippen LogP contribution in [-0.2, 0) is 4.74 Å². The Balaban J connectivity index is 0. The minimum Gasteiger partial charge on any atom is -0.381 e. The molecule has 0 aliphatic heterocycles. The predicted octanol–water partition coefficient (Wildman–Crippen LogP) is 1.30. The van der Waals surface area contributed by atoms with Crippen LogP contribution in [0, 0.1) is 5.92 Å². The molecule has 46 valence electrons. The first kappa shape index (κ1) is 11.5. The zero-order chi connectivity index (χ0) is 5.70. The largest absolute Gasteiger partial charge is 0.381 e. The van der Waals surface area contributed by atoms with Gasteiger partial charge in [0.25, 0.3) is 0 Å². The van der Waals surface area contributed by atoms with Crippen molar-refractivity contribution in [3.63, 3.8) is 0 Å². The van der Waals surface area contributed by atoms with Crippen molar-refractivity contribution < 1.29 is 4.74 Å². The monoisotopic (exact) mass is 126 g/mol. The third-order valence-corrected chi connectivity index (χ3v) is 0.655. The molecular formula is C6H14MgO. The van der Waals surface area contributed by atoms with E-state index < -0.39 is 0 Å². The third-order valence-electron chi connectivity index (χ3n) is 0.655. The standard InChI is InChI=1S/C6H14O.Mg/c1-4-7-5-6(2)3;/h6H,4-5H2,1-3H3;. The average Bonchev–Trinajstić information content (AvgIpc) is 1.61. The van der Waals surface area contributed by atoms with E-state index in [1.165, 1.54) is 0 Å². The van der Waals surface area contributed by atoms with Crippen LogP contribution in [0.4, 0.5) is 0 Å².